The third-order valence-electron chi connectivity index (χ3n) is 8.90. The van der Waals surface area contributed by atoms with Crippen molar-refractivity contribution >= 4 is 15.6 Å². The van der Waals surface area contributed by atoms with Crippen LogP contribution in [0.25, 0.3) is 0 Å². The Morgan fingerprint density at radius 3 is 0.755 bits per heavy atom. The van der Waals surface area contributed by atoms with Crippen LogP contribution in [0, 0.1) is 0 Å². The van der Waals surface area contributed by atoms with E-state index in [0.717, 1.165) is 0 Å². The number of ether oxygens (including phenoxy) is 4. The van der Waals surface area contributed by atoms with E-state index in [9.17, 15) is 70.4 Å². The minimum atomic E-state index is -6.09. The van der Waals surface area contributed by atoms with E-state index >= 15 is 0 Å². The molecule has 0 aromatic heterocycles. The van der Waals surface area contributed by atoms with Crippen LogP contribution in [-0.2, 0) is 50.5 Å². The predicted octanol–water partition coefficient (Wildman–Crippen LogP) is -9.65. The summed E-state index contributed by atoms with van der Waals surface area (Å²) in [7, 11) is -12.2. The number of aliphatic hydroxyl groups excluding tert-OH is 12. The highest BCUT2D eigenvalue weighted by molar-refractivity contribution is 7.62. The van der Waals surface area contributed by atoms with Gasteiger partial charge in [0.1, 0.15) is 73.2 Å². The Balaban J connectivity index is 1.78. The molecule has 29 heteroatoms. The van der Waals surface area contributed by atoms with Gasteiger partial charge in [0.2, 0.25) is 0 Å². The van der Waals surface area contributed by atoms with Crippen LogP contribution in [0.2, 0.25) is 0 Å². The highest BCUT2D eigenvalue weighted by Gasteiger charge is 2.57. The van der Waals surface area contributed by atoms with Gasteiger partial charge in [0.05, 0.1) is 50.6 Å². The normalized spacial score (nSPS) is 47.4. The van der Waals surface area contributed by atoms with Gasteiger partial charge < -0.3 is 103 Å². The lowest BCUT2D eigenvalue weighted by atomic mass is 9.97. The molecule has 0 aliphatic carbocycles. The summed E-state index contributed by atoms with van der Waals surface area (Å²) in [6.45, 7) is -3.74. The van der Waals surface area contributed by atoms with E-state index in [1.165, 1.54) is 0 Å². The molecule has 20 N–H and O–H groups in total. The smallest absolute Gasteiger partial charge is 0.394 e. The van der Waals surface area contributed by atoms with Crippen molar-refractivity contribution in [3.63, 3.8) is 0 Å². The molecule has 0 spiro atoms. The van der Waals surface area contributed by atoms with E-state index in [1.807, 2.05) is 0 Å². The fourth-order valence-corrected chi connectivity index (χ4v) is 8.98. The molecule has 20 atom stereocenters. The molecular formula is C24H48N4O23P2. The first-order chi connectivity index (χ1) is 24.7. The van der Waals surface area contributed by atoms with Gasteiger partial charge in [-0.3, -0.25) is 18.1 Å². The Kier molecular flexibility index (Phi) is 15.7. The van der Waals surface area contributed by atoms with Gasteiger partial charge in [-0.25, -0.2) is 9.13 Å². The fraction of sp³-hybridized carbons (Fsp3) is 1.00. The van der Waals surface area contributed by atoms with Crippen molar-refractivity contribution < 1.29 is 112 Å². The molecule has 0 bridgehead atoms. The maximum absolute atomic E-state index is 14.6. The number of aliphatic hydroxyl groups is 12. The van der Waals surface area contributed by atoms with Gasteiger partial charge in [-0.1, -0.05) is 0 Å². The molecule has 27 nitrogen and oxygen atoms in total. The summed E-state index contributed by atoms with van der Waals surface area (Å²) in [6, 6.07) is -5.93. The van der Waals surface area contributed by atoms with Crippen LogP contribution in [0.1, 0.15) is 0 Å². The summed E-state index contributed by atoms with van der Waals surface area (Å²) in [5.74, 6) is 0. The molecule has 0 unspecified atom stereocenters. The first kappa shape index (κ1) is 45.2. The maximum atomic E-state index is 14.6. The molecule has 53 heavy (non-hydrogen) atoms. The Bertz CT molecular complexity index is 1100. The molecule has 4 fully saturated rings. The van der Waals surface area contributed by atoms with E-state index in [0.29, 0.717) is 0 Å². The Morgan fingerprint density at radius 2 is 0.585 bits per heavy atom. The summed E-state index contributed by atoms with van der Waals surface area (Å²) in [5.41, 5.74) is 23.0. The standard InChI is InChI=1S/C24H48N4O23P2/c25-9-5(1-29)43-21(17(37)13(9)33)47-52(41,48-22-18(38)14(34)10(26)6(2-30)44-22)51-53(42,49-23-19(39)15(35)11(27)7(3-31)45-23)50-24-20(40)16(36)12(28)8(4-32)46-24/h5-24,29-40H,1-4,25-28H2/t5-,6-,7-,8-,9-,10-,11-,12-,13+,14+,15+,16+,17-,18-,19-,20-,21-,22-,23-,24-/m1/s1. The number of hydrogen-bond acceptors (Lipinski definition) is 27. The molecule has 0 amide bonds. The van der Waals surface area contributed by atoms with E-state index in [4.69, 9.17) is 64.3 Å². The number of phosphoric acid groups is 2. The molecule has 0 radical (unpaired) electrons. The maximum Gasteiger partial charge on any atom is 0.488 e. The van der Waals surface area contributed by atoms with Crippen LogP contribution >= 0.6 is 15.6 Å². The van der Waals surface area contributed by atoms with Crippen LogP contribution < -0.4 is 22.9 Å². The third kappa shape index (κ3) is 9.78. The molecule has 0 aromatic carbocycles. The Hall–Kier alpha value is -0.540. The third-order valence-corrected chi connectivity index (χ3v) is 12.4. The lowest BCUT2D eigenvalue weighted by Gasteiger charge is -2.44. The summed E-state index contributed by atoms with van der Waals surface area (Å²) < 4.78 is 76.2. The number of nitrogens with two attached hydrogens (primary N) is 4. The number of rotatable bonds is 14. The van der Waals surface area contributed by atoms with Gasteiger partial charge in [-0.2, -0.15) is 4.31 Å². The zero-order chi connectivity index (χ0) is 39.7. The van der Waals surface area contributed by atoms with E-state index in [-0.39, 0.29) is 0 Å². The lowest BCUT2D eigenvalue weighted by molar-refractivity contribution is -0.276. The molecule has 0 aromatic rings. The highest BCUT2D eigenvalue weighted by Crippen LogP contribution is 2.69. The quantitative estimate of drug-likeness (QED) is 0.0723. The SMILES string of the molecule is N[C@H]1[C@H](O)[C@@H](O)[C@@H](OP(=O)(O[C@H]2O[C@H](CO)[C@@H](N)[C@H](O)[C@H]2O)OP(=O)(O[C@H]2O[C@H](CO)[C@@H](N)[C@H](O)[C@H]2O)O[C@H]2O[C@H](CO)[C@@H](N)[C@H](O)[C@H]2O)O[C@@H]1CO. The van der Waals surface area contributed by atoms with Crippen LogP contribution in [0.5, 0.6) is 0 Å². The number of phosphoric ester groups is 2. The van der Waals surface area contributed by atoms with Gasteiger partial charge in [0, 0.05) is 0 Å². The van der Waals surface area contributed by atoms with Crippen molar-refractivity contribution in [2.24, 2.45) is 22.9 Å². The number of hydrogen-bond donors (Lipinski definition) is 16. The van der Waals surface area contributed by atoms with Gasteiger partial charge in [0.15, 0.2) is 25.2 Å². The van der Waals surface area contributed by atoms with Crippen molar-refractivity contribution in [3.05, 3.63) is 0 Å². The average molecular weight is 823 g/mol. The van der Waals surface area contributed by atoms with Crippen LogP contribution in [-0.4, -0.2) is 210 Å². The topological polar surface area (TPSA) is 464 Å². The molecule has 4 rings (SSSR count). The molecular weight excluding hydrogens is 774 g/mol. The van der Waals surface area contributed by atoms with Gasteiger partial charge in [-0.15, -0.1) is 0 Å². The second-order valence-electron chi connectivity index (χ2n) is 12.5. The minimum Gasteiger partial charge on any atom is -0.394 e. The molecule has 4 aliphatic heterocycles. The minimum absolute atomic E-state index is 0.935. The molecule has 312 valence electrons. The predicted molar refractivity (Wildman–Crippen MR) is 164 cm³/mol. The molecule has 4 aliphatic rings. The second kappa shape index (κ2) is 18.4. The van der Waals surface area contributed by atoms with Gasteiger partial charge in [-0.05, 0) is 0 Å². The van der Waals surface area contributed by atoms with Crippen LogP contribution in [0.15, 0.2) is 0 Å². The fourth-order valence-electron chi connectivity index (χ4n) is 5.57. The van der Waals surface area contributed by atoms with Gasteiger partial charge >= 0.3 is 15.6 Å². The largest absolute Gasteiger partial charge is 0.488 e. The summed E-state index contributed by atoms with van der Waals surface area (Å²) in [6.07, 6.45) is -32.9. The first-order valence-corrected chi connectivity index (χ1v) is 18.8. The Labute approximate surface area is 299 Å². The average Bonchev–Trinajstić information content (AvgIpc) is 3.12. The van der Waals surface area contributed by atoms with Gasteiger partial charge in [0.25, 0.3) is 0 Å². The van der Waals surface area contributed by atoms with Crippen molar-refractivity contribution in [1.82, 2.24) is 0 Å². The zero-order valence-electron chi connectivity index (χ0n) is 27.4. The van der Waals surface area contributed by atoms with E-state index in [2.05, 4.69) is 0 Å². The second-order valence-corrected chi connectivity index (χ2v) is 15.8. The van der Waals surface area contributed by atoms with Crippen molar-refractivity contribution in [2.45, 2.75) is 123 Å². The molecule has 4 heterocycles. The molecule has 4 saturated heterocycles. The Morgan fingerprint density at radius 1 is 0.396 bits per heavy atom. The summed E-state index contributed by atoms with van der Waals surface area (Å²) in [4.78, 5) is 0. The summed E-state index contributed by atoms with van der Waals surface area (Å²) >= 11 is 0. The van der Waals surface area contributed by atoms with Crippen molar-refractivity contribution in [2.75, 3.05) is 26.4 Å². The van der Waals surface area contributed by atoms with Crippen molar-refractivity contribution in [3.8, 4) is 0 Å². The summed E-state index contributed by atoms with van der Waals surface area (Å²) in [5, 5.41) is 123. The monoisotopic (exact) mass is 822 g/mol. The first-order valence-electron chi connectivity index (χ1n) is 15.9. The van der Waals surface area contributed by atoms with Crippen LogP contribution in [0.3, 0.4) is 0 Å². The lowest BCUT2D eigenvalue weighted by Crippen LogP contribution is -2.63. The molecule has 0 saturated carbocycles. The van der Waals surface area contributed by atoms with Crippen molar-refractivity contribution in [1.29, 1.82) is 0 Å². The zero-order valence-corrected chi connectivity index (χ0v) is 29.2. The highest BCUT2D eigenvalue weighted by atomic mass is 31.3. The van der Waals surface area contributed by atoms with E-state index < -0.39 is 165 Å². The van der Waals surface area contributed by atoms with E-state index in [1.54, 1.807) is 0 Å². The van der Waals surface area contributed by atoms with Crippen LogP contribution in [0.4, 0.5) is 0 Å².